The first-order valence-electron chi connectivity index (χ1n) is 5.78. The molecule has 0 unspecified atom stereocenters. The van der Waals surface area contributed by atoms with Gasteiger partial charge in [-0.2, -0.15) is 0 Å². The molecule has 1 aromatic heterocycles. The van der Waals surface area contributed by atoms with Gasteiger partial charge >= 0.3 is 0 Å². The van der Waals surface area contributed by atoms with E-state index in [1.54, 1.807) is 7.11 Å². The van der Waals surface area contributed by atoms with Gasteiger partial charge in [0, 0.05) is 30.6 Å². The minimum absolute atomic E-state index is 0.132. The van der Waals surface area contributed by atoms with Gasteiger partial charge in [0.05, 0.1) is 7.11 Å². The van der Waals surface area contributed by atoms with E-state index in [0.717, 1.165) is 22.2 Å². The largest absolute Gasteiger partial charge is 0.497 e. The van der Waals surface area contributed by atoms with Gasteiger partial charge in [0.25, 0.3) is 0 Å². The molecule has 0 radical (unpaired) electrons. The summed E-state index contributed by atoms with van der Waals surface area (Å²) < 4.78 is 5.21. The molecule has 0 bridgehead atoms. The number of H-pyrrole nitrogens is 1. The summed E-state index contributed by atoms with van der Waals surface area (Å²) in [7, 11) is 1.64. The third kappa shape index (κ3) is 2.46. The second kappa shape index (κ2) is 5.10. The number of aromatic nitrogens is 1. The highest BCUT2D eigenvalue weighted by Gasteiger charge is 2.08. The SMILES string of the molecule is COc1ccc2[nH]cc(CCN(N)C(C)=O)c2c1. The molecule has 0 spiro atoms. The Morgan fingerprint density at radius 1 is 1.50 bits per heavy atom. The number of aromatic amines is 1. The van der Waals surface area contributed by atoms with Crippen LogP contribution < -0.4 is 10.6 Å². The van der Waals surface area contributed by atoms with Crippen LogP contribution in [0.5, 0.6) is 5.75 Å². The fourth-order valence-corrected chi connectivity index (χ4v) is 1.89. The van der Waals surface area contributed by atoms with Crippen molar-refractivity contribution in [2.75, 3.05) is 13.7 Å². The van der Waals surface area contributed by atoms with Gasteiger partial charge in [-0.25, -0.2) is 5.84 Å². The first-order chi connectivity index (χ1) is 8.61. The van der Waals surface area contributed by atoms with E-state index < -0.39 is 0 Å². The summed E-state index contributed by atoms with van der Waals surface area (Å²) in [4.78, 5) is 14.2. The number of ether oxygens (including phenoxy) is 1. The number of amides is 1. The first kappa shape index (κ1) is 12.4. The van der Waals surface area contributed by atoms with Crippen LogP contribution in [0.4, 0.5) is 0 Å². The molecule has 0 saturated carbocycles. The molecule has 1 heterocycles. The second-order valence-electron chi connectivity index (χ2n) is 4.19. The Labute approximate surface area is 105 Å². The first-order valence-corrected chi connectivity index (χ1v) is 5.78. The van der Waals surface area contributed by atoms with Crippen LogP contribution >= 0.6 is 0 Å². The molecule has 1 aromatic carbocycles. The molecule has 0 aliphatic rings. The number of rotatable bonds is 4. The van der Waals surface area contributed by atoms with Crippen LogP contribution in [0.3, 0.4) is 0 Å². The van der Waals surface area contributed by atoms with Gasteiger partial charge in [0.2, 0.25) is 5.91 Å². The van der Waals surface area contributed by atoms with E-state index in [2.05, 4.69) is 4.98 Å². The van der Waals surface area contributed by atoms with E-state index in [0.29, 0.717) is 13.0 Å². The third-order valence-corrected chi connectivity index (χ3v) is 3.00. The lowest BCUT2D eigenvalue weighted by Crippen LogP contribution is -2.37. The monoisotopic (exact) mass is 247 g/mol. The average molecular weight is 247 g/mol. The van der Waals surface area contributed by atoms with Crippen molar-refractivity contribution in [3.05, 3.63) is 30.0 Å². The molecule has 1 amide bonds. The van der Waals surface area contributed by atoms with Crippen LogP contribution in [0.15, 0.2) is 24.4 Å². The molecule has 0 aliphatic heterocycles. The standard InChI is InChI=1S/C13H17N3O2/c1-9(17)16(14)6-5-10-8-15-13-4-3-11(18-2)7-12(10)13/h3-4,7-8,15H,5-6,14H2,1-2H3. The number of hydrazine groups is 1. The summed E-state index contributed by atoms with van der Waals surface area (Å²) in [6.45, 7) is 1.96. The van der Waals surface area contributed by atoms with Gasteiger partial charge < -0.3 is 9.72 Å². The van der Waals surface area contributed by atoms with Crippen LogP contribution in [0, 0.1) is 0 Å². The number of nitrogens with zero attached hydrogens (tertiary/aromatic N) is 1. The van der Waals surface area contributed by atoms with Crippen molar-refractivity contribution >= 4 is 16.8 Å². The predicted molar refractivity (Wildman–Crippen MR) is 70.1 cm³/mol. The van der Waals surface area contributed by atoms with E-state index in [4.69, 9.17) is 10.6 Å². The fourth-order valence-electron chi connectivity index (χ4n) is 1.89. The van der Waals surface area contributed by atoms with Crippen LogP contribution in [0.25, 0.3) is 10.9 Å². The summed E-state index contributed by atoms with van der Waals surface area (Å²) >= 11 is 0. The average Bonchev–Trinajstić information content (AvgIpc) is 2.77. The number of nitrogens with two attached hydrogens (primary N) is 1. The van der Waals surface area contributed by atoms with E-state index in [9.17, 15) is 4.79 Å². The van der Waals surface area contributed by atoms with Crippen LogP contribution in [-0.4, -0.2) is 29.6 Å². The summed E-state index contributed by atoms with van der Waals surface area (Å²) in [5.74, 6) is 6.27. The number of benzene rings is 1. The Morgan fingerprint density at radius 3 is 2.94 bits per heavy atom. The zero-order valence-electron chi connectivity index (χ0n) is 10.6. The number of nitrogens with one attached hydrogen (secondary N) is 1. The van der Waals surface area contributed by atoms with E-state index in [-0.39, 0.29) is 5.91 Å². The predicted octanol–water partition coefficient (Wildman–Crippen LogP) is 1.44. The molecule has 5 nitrogen and oxygen atoms in total. The van der Waals surface area contributed by atoms with Crippen LogP contribution in [0.2, 0.25) is 0 Å². The number of hydrogen-bond donors (Lipinski definition) is 2. The van der Waals surface area contributed by atoms with Gasteiger partial charge in [-0.15, -0.1) is 0 Å². The summed E-state index contributed by atoms with van der Waals surface area (Å²) in [5, 5.41) is 2.32. The Hall–Kier alpha value is -2.01. The van der Waals surface area contributed by atoms with Crippen molar-refractivity contribution in [1.29, 1.82) is 0 Å². The normalized spacial score (nSPS) is 10.6. The van der Waals surface area contributed by atoms with Crippen molar-refractivity contribution < 1.29 is 9.53 Å². The van der Waals surface area contributed by atoms with Crippen molar-refractivity contribution in [3.63, 3.8) is 0 Å². The summed E-state index contributed by atoms with van der Waals surface area (Å²) in [5.41, 5.74) is 2.18. The molecule has 3 N–H and O–H groups in total. The minimum Gasteiger partial charge on any atom is -0.497 e. The van der Waals surface area contributed by atoms with Crippen LogP contribution in [-0.2, 0) is 11.2 Å². The molecule has 96 valence electrons. The maximum absolute atomic E-state index is 11.0. The molecule has 5 heteroatoms. The molecule has 2 rings (SSSR count). The molecule has 0 saturated heterocycles. The maximum atomic E-state index is 11.0. The van der Waals surface area contributed by atoms with Crippen molar-refractivity contribution in [2.24, 2.45) is 5.84 Å². The quantitative estimate of drug-likeness (QED) is 0.488. The Balaban J connectivity index is 2.20. The topological polar surface area (TPSA) is 71.3 Å². The lowest BCUT2D eigenvalue weighted by Gasteiger charge is -2.13. The molecule has 2 aromatic rings. The van der Waals surface area contributed by atoms with Gasteiger partial charge in [-0.1, -0.05) is 0 Å². The zero-order chi connectivity index (χ0) is 13.1. The van der Waals surface area contributed by atoms with Crippen molar-refractivity contribution in [1.82, 2.24) is 9.99 Å². The molecular weight excluding hydrogens is 230 g/mol. The van der Waals surface area contributed by atoms with Gasteiger partial charge in [0.15, 0.2) is 0 Å². The number of hydrogen-bond acceptors (Lipinski definition) is 3. The van der Waals surface area contributed by atoms with E-state index >= 15 is 0 Å². The van der Waals surface area contributed by atoms with Gasteiger partial charge in [-0.05, 0) is 30.2 Å². The Kier molecular flexibility index (Phi) is 3.53. The zero-order valence-corrected chi connectivity index (χ0v) is 10.6. The van der Waals surface area contributed by atoms with E-state index in [1.807, 2.05) is 24.4 Å². The fraction of sp³-hybridized carbons (Fsp3) is 0.308. The molecule has 0 aliphatic carbocycles. The van der Waals surface area contributed by atoms with Gasteiger partial charge in [0.1, 0.15) is 5.75 Å². The lowest BCUT2D eigenvalue weighted by molar-refractivity contribution is -0.129. The molecule has 18 heavy (non-hydrogen) atoms. The molecular formula is C13H17N3O2. The number of carbonyl (C=O) groups is 1. The summed E-state index contributed by atoms with van der Waals surface area (Å²) in [6.07, 6.45) is 2.65. The molecule has 0 atom stereocenters. The highest BCUT2D eigenvalue weighted by atomic mass is 16.5. The smallest absolute Gasteiger partial charge is 0.233 e. The second-order valence-corrected chi connectivity index (χ2v) is 4.19. The highest BCUT2D eigenvalue weighted by Crippen LogP contribution is 2.23. The molecule has 0 fully saturated rings. The number of carbonyl (C=O) groups excluding carboxylic acids is 1. The van der Waals surface area contributed by atoms with E-state index in [1.165, 1.54) is 11.9 Å². The van der Waals surface area contributed by atoms with Gasteiger partial charge in [-0.3, -0.25) is 9.80 Å². The number of methoxy groups -OCH3 is 1. The minimum atomic E-state index is -0.132. The summed E-state index contributed by atoms with van der Waals surface area (Å²) in [6, 6.07) is 5.87. The van der Waals surface area contributed by atoms with Crippen LogP contribution in [0.1, 0.15) is 12.5 Å². The Morgan fingerprint density at radius 2 is 2.28 bits per heavy atom. The lowest BCUT2D eigenvalue weighted by atomic mass is 10.1. The maximum Gasteiger partial charge on any atom is 0.233 e. The Bertz CT molecular complexity index is 562. The number of fused-ring (bicyclic) bond motifs is 1. The third-order valence-electron chi connectivity index (χ3n) is 3.00. The highest BCUT2D eigenvalue weighted by molar-refractivity contribution is 5.84. The van der Waals surface area contributed by atoms with Crippen molar-refractivity contribution in [3.8, 4) is 5.75 Å². The van der Waals surface area contributed by atoms with Crippen molar-refractivity contribution in [2.45, 2.75) is 13.3 Å².